The SMILES string of the molecule is CC(N[C@H](C)c1ccccn1)c1nc2ccccc2s1. The summed E-state index contributed by atoms with van der Waals surface area (Å²) < 4.78 is 1.24. The summed E-state index contributed by atoms with van der Waals surface area (Å²) in [5.74, 6) is 0. The summed E-state index contributed by atoms with van der Waals surface area (Å²) in [7, 11) is 0. The fraction of sp³-hybridized carbons (Fsp3) is 0.250. The van der Waals surface area contributed by atoms with Gasteiger partial charge in [0.2, 0.25) is 0 Å². The third kappa shape index (κ3) is 2.71. The molecule has 0 saturated carbocycles. The zero-order valence-electron chi connectivity index (χ0n) is 11.6. The van der Waals surface area contributed by atoms with E-state index in [2.05, 4.69) is 42.3 Å². The van der Waals surface area contributed by atoms with Gasteiger partial charge in [0.05, 0.1) is 22.0 Å². The summed E-state index contributed by atoms with van der Waals surface area (Å²) in [5.41, 5.74) is 2.13. The second kappa shape index (κ2) is 5.69. The van der Waals surface area contributed by atoms with Gasteiger partial charge in [0.1, 0.15) is 5.01 Å². The van der Waals surface area contributed by atoms with E-state index in [1.165, 1.54) is 4.70 Å². The second-order valence-corrected chi connectivity index (χ2v) is 5.95. The first kappa shape index (κ1) is 13.2. The number of fused-ring (bicyclic) bond motifs is 1. The predicted molar refractivity (Wildman–Crippen MR) is 83.8 cm³/mol. The number of thiazole rings is 1. The smallest absolute Gasteiger partial charge is 0.111 e. The number of nitrogens with zero attached hydrogens (tertiary/aromatic N) is 2. The van der Waals surface area contributed by atoms with E-state index in [1.54, 1.807) is 11.3 Å². The molecule has 0 aliphatic heterocycles. The minimum absolute atomic E-state index is 0.207. The molecule has 4 heteroatoms. The Bertz CT molecular complexity index is 660. The number of nitrogens with one attached hydrogen (secondary N) is 1. The molecule has 0 fully saturated rings. The first-order chi connectivity index (χ1) is 9.74. The van der Waals surface area contributed by atoms with Crippen LogP contribution in [-0.2, 0) is 0 Å². The molecule has 2 atom stereocenters. The first-order valence-corrected chi connectivity index (χ1v) is 7.58. The number of rotatable bonds is 4. The molecule has 1 N–H and O–H groups in total. The summed E-state index contributed by atoms with van der Waals surface area (Å²) in [6.45, 7) is 4.28. The van der Waals surface area contributed by atoms with Gasteiger partial charge in [-0.2, -0.15) is 0 Å². The zero-order chi connectivity index (χ0) is 13.9. The molecule has 102 valence electrons. The second-order valence-electron chi connectivity index (χ2n) is 4.88. The molecule has 0 aliphatic carbocycles. The molecule has 3 rings (SSSR count). The fourth-order valence-corrected chi connectivity index (χ4v) is 3.22. The maximum Gasteiger partial charge on any atom is 0.111 e. The molecule has 20 heavy (non-hydrogen) atoms. The molecule has 1 unspecified atom stereocenters. The molecule has 3 aromatic rings. The van der Waals surface area contributed by atoms with Crippen LogP contribution in [0, 0.1) is 0 Å². The molecular formula is C16H17N3S. The van der Waals surface area contributed by atoms with Crippen LogP contribution in [0.1, 0.15) is 36.6 Å². The van der Waals surface area contributed by atoms with Crippen molar-refractivity contribution in [3.63, 3.8) is 0 Å². The van der Waals surface area contributed by atoms with Gasteiger partial charge >= 0.3 is 0 Å². The van der Waals surface area contributed by atoms with Gasteiger partial charge in [-0.3, -0.25) is 4.98 Å². The van der Waals surface area contributed by atoms with Gasteiger partial charge in [0.25, 0.3) is 0 Å². The lowest BCUT2D eigenvalue weighted by Crippen LogP contribution is -2.23. The van der Waals surface area contributed by atoms with Gasteiger partial charge in [-0.05, 0) is 38.1 Å². The Hall–Kier alpha value is -1.78. The summed E-state index contributed by atoms with van der Waals surface area (Å²) in [5, 5.41) is 4.68. The molecular weight excluding hydrogens is 266 g/mol. The molecule has 0 amide bonds. The van der Waals surface area contributed by atoms with Crippen LogP contribution in [0.25, 0.3) is 10.2 Å². The molecule has 0 bridgehead atoms. The van der Waals surface area contributed by atoms with Crippen LogP contribution in [0.3, 0.4) is 0 Å². The Morgan fingerprint density at radius 3 is 2.55 bits per heavy atom. The lowest BCUT2D eigenvalue weighted by molar-refractivity contribution is 0.485. The van der Waals surface area contributed by atoms with Crippen LogP contribution in [0.15, 0.2) is 48.7 Å². The Labute approximate surface area is 122 Å². The molecule has 0 aliphatic rings. The van der Waals surface area contributed by atoms with Crippen molar-refractivity contribution < 1.29 is 0 Å². The van der Waals surface area contributed by atoms with Crippen molar-refractivity contribution in [1.82, 2.24) is 15.3 Å². The van der Waals surface area contributed by atoms with Gasteiger partial charge in [-0.1, -0.05) is 18.2 Å². The largest absolute Gasteiger partial charge is 0.300 e. The Kier molecular flexibility index (Phi) is 3.76. The average molecular weight is 283 g/mol. The third-order valence-electron chi connectivity index (χ3n) is 3.31. The summed E-state index contributed by atoms with van der Waals surface area (Å²) in [4.78, 5) is 9.08. The fourth-order valence-electron chi connectivity index (χ4n) is 2.24. The van der Waals surface area contributed by atoms with Crippen molar-refractivity contribution in [2.24, 2.45) is 0 Å². The van der Waals surface area contributed by atoms with Crippen LogP contribution in [0.5, 0.6) is 0 Å². The van der Waals surface area contributed by atoms with E-state index in [1.807, 2.05) is 30.5 Å². The number of aromatic nitrogens is 2. The van der Waals surface area contributed by atoms with E-state index in [0.717, 1.165) is 16.2 Å². The van der Waals surface area contributed by atoms with Crippen molar-refractivity contribution in [2.75, 3.05) is 0 Å². The Morgan fingerprint density at radius 2 is 1.80 bits per heavy atom. The molecule has 0 saturated heterocycles. The van der Waals surface area contributed by atoms with Gasteiger partial charge in [-0.25, -0.2) is 4.98 Å². The van der Waals surface area contributed by atoms with Crippen molar-refractivity contribution in [3.8, 4) is 0 Å². The highest BCUT2D eigenvalue weighted by Crippen LogP contribution is 2.27. The van der Waals surface area contributed by atoms with E-state index < -0.39 is 0 Å². The van der Waals surface area contributed by atoms with Gasteiger partial charge < -0.3 is 5.32 Å². The molecule has 3 nitrogen and oxygen atoms in total. The average Bonchev–Trinajstić information content (AvgIpc) is 2.92. The summed E-state index contributed by atoms with van der Waals surface area (Å²) >= 11 is 1.75. The number of hydrogen-bond acceptors (Lipinski definition) is 4. The van der Waals surface area contributed by atoms with Gasteiger partial charge in [0, 0.05) is 12.2 Å². The van der Waals surface area contributed by atoms with Crippen molar-refractivity contribution in [1.29, 1.82) is 0 Å². The molecule has 2 heterocycles. The van der Waals surface area contributed by atoms with E-state index >= 15 is 0 Å². The number of hydrogen-bond donors (Lipinski definition) is 1. The first-order valence-electron chi connectivity index (χ1n) is 6.76. The standard InChI is InChI=1S/C16H17N3S/c1-11(13-7-5-6-10-17-13)18-12(2)16-19-14-8-3-4-9-15(14)20-16/h3-12,18H,1-2H3/t11-,12?/m1/s1. The van der Waals surface area contributed by atoms with Crippen LogP contribution >= 0.6 is 11.3 Å². The van der Waals surface area contributed by atoms with Crippen molar-refractivity contribution in [3.05, 3.63) is 59.4 Å². The van der Waals surface area contributed by atoms with Gasteiger partial charge in [-0.15, -0.1) is 11.3 Å². The van der Waals surface area contributed by atoms with Gasteiger partial charge in [0.15, 0.2) is 0 Å². The monoisotopic (exact) mass is 283 g/mol. The topological polar surface area (TPSA) is 37.8 Å². The highest BCUT2D eigenvalue weighted by atomic mass is 32.1. The number of para-hydroxylation sites is 1. The Morgan fingerprint density at radius 1 is 1.00 bits per heavy atom. The van der Waals surface area contributed by atoms with Crippen molar-refractivity contribution >= 4 is 21.6 Å². The summed E-state index contributed by atoms with van der Waals surface area (Å²) in [6, 6.07) is 14.7. The van der Waals surface area contributed by atoms with Crippen LogP contribution in [0.4, 0.5) is 0 Å². The minimum Gasteiger partial charge on any atom is -0.300 e. The lowest BCUT2D eigenvalue weighted by Gasteiger charge is -2.17. The summed E-state index contributed by atoms with van der Waals surface area (Å²) in [6.07, 6.45) is 1.83. The molecule has 1 aromatic carbocycles. The van der Waals surface area contributed by atoms with Crippen LogP contribution in [0.2, 0.25) is 0 Å². The van der Waals surface area contributed by atoms with E-state index in [9.17, 15) is 0 Å². The highest BCUT2D eigenvalue weighted by molar-refractivity contribution is 7.18. The Balaban J connectivity index is 1.77. The molecule has 0 spiro atoms. The zero-order valence-corrected chi connectivity index (χ0v) is 12.4. The normalized spacial score (nSPS) is 14.3. The van der Waals surface area contributed by atoms with E-state index in [0.29, 0.717) is 0 Å². The minimum atomic E-state index is 0.207. The lowest BCUT2D eigenvalue weighted by atomic mass is 10.2. The van der Waals surface area contributed by atoms with Crippen molar-refractivity contribution in [2.45, 2.75) is 25.9 Å². The molecule has 2 aromatic heterocycles. The van der Waals surface area contributed by atoms with Crippen LogP contribution < -0.4 is 5.32 Å². The maximum atomic E-state index is 4.69. The third-order valence-corrected chi connectivity index (χ3v) is 4.53. The number of pyridine rings is 1. The predicted octanol–water partition coefficient (Wildman–Crippen LogP) is 4.10. The van der Waals surface area contributed by atoms with E-state index in [4.69, 9.17) is 4.98 Å². The quantitative estimate of drug-likeness (QED) is 0.783. The highest BCUT2D eigenvalue weighted by Gasteiger charge is 2.15. The maximum absolute atomic E-state index is 4.69. The van der Waals surface area contributed by atoms with Crippen LogP contribution in [-0.4, -0.2) is 9.97 Å². The molecule has 0 radical (unpaired) electrons. The van der Waals surface area contributed by atoms with E-state index in [-0.39, 0.29) is 12.1 Å². The number of benzene rings is 1.